The van der Waals surface area contributed by atoms with E-state index in [0.29, 0.717) is 28.4 Å². The van der Waals surface area contributed by atoms with Crippen molar-refractivity contribution < 1.29 is 14.3 Å². The van der Waals surface area contributed by atoms with E-state index in [-0.39, 0.29) is 12.7 Å². The second-order valence-corrected chi connectivity index (χ2v) is 5.57. The average Bonchev–Trinajstić information content (AvgIpc) is 3.14. The highest BCUT2D eigenvalue weighted by Gasteiger charge is 2.17. The van der Waals surface area contributed by atoms with E-state index in [0.717, 1.165) is 4.47 Å². The molecule has 0 aliphatic carbocycles. The van der Waals surface area contributed by atoms with Crippen LogP contribution in [-0.2, 0) is 0 Å². The minimum atomic E-state index is -0.263. The molecule has 1 N–H and O–H groups in total. The zero-order chi connectivity index (χ0) is 15.1. The Balaban J connectivity index is 1.67. The maximum atomic E-state index is 12.4. The van der Waals surface area contributed by atoms with Crippen molar-refractivity contribution in [3.8, 4) is 11.5 Å². The van der Waals surface area contributed by atoms with Gasteiger partial charge >= 0.3 is 0 Å². The van der Waals surface area contributed by atoms with Gasteiger partial charge in [-0.2, -0.15) is 0 Å². The van der Waals surface area contributed by atoms with E-state index in [4.69, 9.17) is 9.47 Å². The molecule has 0 saturated heterocycles. The number of fused-ring (bicyclic) bond motifs is 2. The van der Waals surface area contributed by atoms with Crippen LogP contribution in [0.5, 0.6) is 11.5 Å². The van der Waals surface area contributed by atoms with Gasteiger partial charge in [0.1, 0.15) is 6.33 Å². The van der Waals surface area contributed by atoms with Gasteiger partial charge in [0.25, 0.3) is 5.91 Å². The van der Waals surface area contributed by atoms with Crippen molar-refractivity contribution in [1.29, 1.82) is 0 Å². The topological polar surface area (TPSA) is 77.8 Å². The SMILES string of the molecule is O=C(Nc1cc(Br)cn2cnnc12)c1ccc2c(c1)OCO2. The largest absolute Gasteiger partial charge is 0.454 e. The standard InChI is InChI=1S/C14H9BrN4O3/c15-9-4-10(13-18-16-6-19(13)5-9)17-14(20)8-1-2-11-12(3-8)22-7-21-11/h1-6H,7H2,(H,17,20). The van der Waals surface area contributed by atoms with Crippen molar-refractivity contribution in [1.82, 2.24) is 14.6 Å². The van der Waals surface area contributed by atoms with Crippen LogP contribution in [-0.4, -0.2) is 27.3 Å². The summed E-state index contributed by atoms with van der Waals surface area (Å²) in [5, 5.41) is 10.7. The van der Waals surface area contributed by atoms with Gasteiger partial charge in [-0.25, -0.2) is 0 Å². The minimum absolute atomic E-state index is 0.173. The Morgan fingerprint density at radius 1 is 1.27 bits per heavy atom. The average molecular weight is 361 g/mol. The van der Waals surface area contributed by atoms with Crippen molar-refractivity contribution in [2.24, 2.45) is 0 Å². The lowest BCUT2D eigenvalue weighted by Gasteiger charge is -2.07. The summed E-state index contributed by atoms with van der Waals surface area (Å²) in [5.74, 6) is 0.940. The number of hydrogen-bond acceptors (Lipinski definition) is 5. The fourth-order valence-corrected chi connectivity index (χ4v) is 2.68. The molecule has 1 amide bonds. The van der Waals surface area contributed by atoms with Crippen molar-refractivity contribution in [3.63, 3.8) is 0 Å². The van der Waals surface area contributed by atoms with E-state index in [1.165, 1.54) is 0 Å². The molecule has 8 heteroatoms. The number of pyridine rings is 1. The molecule has 3 aromatic rings. The maximum absolute atomic E-state index is 12.4. The van der Waals surface area contributed by atoms with Crippen molar-refractivity contribution in [3.05, 3.63) is 46.8 Å². The quantitative estimate of drug-likeness (QED) is 0.759. The van der Waals surface area contributed by atoms with E-state index in [1.807, 2.05) is 6.20 Å². The first kappa shape index (κ1) is 13.1. The lowest BCUT2D eigenvalue weighted by atomic mass is 10.2. The van der Waals surface area contributed by atoms with E-state index >= 15 is 0 Å². The smallest absolute Gasteiger partial charge is 0.255 e. The third-order valence-corrected chi connectivity index (χ3v) is 3.68. The zero-order valence-corrected chi connectivity index (χ0v) is 12.7. The van der Waals surface area contributed by atoms with Gasteiger partial charge in [-0.1, -0.05) is 0 Å². The number of carbonyl (C=O) groups is 1. The zero-order valence-electron chi connectivity index (χ0n) is 11.1. The highest BCUT2D eigenvalue weighted by atomic mass is 79.9. The number of benzene rings is 1. The predicted octanol–water partition coefficient (Wildman–Crippen LogP) is 2.47. The van der Waals surface area contributed by atoms with Crippen LogP contribution in [0.1, 0.15) is 10.4 Å². The van der Waals surface area contributed by atoms with Gasteiger partial charge in [-0.3, -0.25) is 9.20 Å². The molecule has 0 atom stereocenters. The Morgan fingerprint density at radius 2 is 2.14 bits per heavy atom. The first-order valence-electron chi connectivity index (χ1n) is 6.40. The fourth-order valence-electron chi connectivity index (χ4n) is 2.23. The number of aromatic nitrogens is 3. The molecule has 0 bridgehead atoms. The van der Waals surface area contributed by atoms with Gasteiger partial charge in [-0.05, 0) is 40.2 Å². The number of halogens is 1. The summed E-state index contributed by atoms with van der Waals surface area (Å²) in [4.78, 5) is 12.4. The molecule has 0 radical (unpaired) electrons. The summed E-state index contributed by atoms with van der Waals surface area (Å²) < 4.78 is 13.0. The molecule has 0 spiro atoms. The summed E-state index contributed by atoms with van der Waals surface area (Å²) in [6, 6.07) is 6.82. The number of nitrogens with one attached hydrogen (secondary N) is 1. The Bertz CT molecular complexity index is 893. The van der Waals surface area contributed by atoms with E-state index < -0.39 is 0 Å². The number of rotatable bonds is 2. The number of anilines is 1. The summed E-state index contributed by atoms with van der Waals surface area (Å²) in [5.41, 5.74) is 1.61. The number of nitrogens with zero attached hydrogens (tertiary/aromatic N) is 3. The van der Waals surface area contributed by atoms with E-state index in [2.05, 4.69) is 31.4 Å². The molecule has 1 aliphatic heterocycles. The van der Waals surface area contributed by atoms with Gasteiger partial charge in [0.15, 0.2) is 17.1 Å². The van der Waals surface area contributed by atoms with Crippen LogP contribution < -0.4 is 14.8 Å². The molecule has 0 saturated carbocycles. The normalized spacial score (nSPS) is 12.6. The molecule has 1 aliphatic rings. The molecule has 22 heavy (non-hydrogen) atoms. The van der Waals surface area contributed by atoms with Crippen LogP contribution in [0.4, 0.5) is 5.69 Å². The molecule has 110 valence electrons. The summed E-state index contributed by atoms with van der Waals surface area (Å²) in [6.45, 7) is 0.173. The Morgan fingerprint density at radius 3 is 3.05 bits per heavy atom. The Kier molecular flexibility index (Phi) is 2.97. The van der Waals surface area contributed by atoms with Gasteiger partial charge in [0.2, 0.25) is 6.79 Å². The predicted molar refractivity (Wildman–Crippen MR) is 81.2 cm³/mol. The van der Waals surface area contributed by atoms with Crippen LogP contribution in [0.15, 0.2) is 41.3 Å². The minimum Gasteiger partial charge on any atom is -0.454 e. The highest BCUT2D eigenvalue weighted by Crippen LogP contribution is 2.32. The van der Waals surface area contributed by atoms with Crippen molar-refractivity contribution in [2.75, 3.05) is 12.1 Å². The first-order chi connectivity index (χ1) is 10.7. The van der Waals surface area contributed by atoms with Crippen LogP contribution in [0, 0.1) is 0 Å². The number of amides is 1. The lowest BCUT2D eigenvalue weighted by molar-refractivity contribution is 0.102. The maximum Gasteiger partial charge on any atom is 0.255 e. The number of hydrogen-bond donors (Lipinski definition) is 1. The molecule has 0 unspecified atom stereocenters. The number of carbonyl (C=O) groups excluding carboxylic acids is 1. The molecule has 0 fully saturated rings. The molecule has 3 heterocycles. The van der Waals surface area contributed by atoms with Crippen molar-refractivity contribution in [2.45, 2.75) is 0 Å². The van der Waals surface area contributed by atoms with Crippen LogP contribution in [0.25, 0.3) is 5.65 Å². The summed E-state index contributed by atoms with van der Waals surface area (Å²) >= 11 is 3.39. The Labute approximate surface area is 133 Å². The van der Waals surface area contributed by atoms with Gasteiger partial charge in [0.05, 0.1) is 5.69 Å². The fraction of sp³-hybridized carbons (Fsp3) is 0.0714. The van der Waals surface area contributed by atoms with Crippen molar-refractivity contribution >= 4 is 33.2 Å². The molecule has 7 nitrogen and oxygen atoms in total. The summed E-state index contributed by atoms with van der Waals surface area (Å²) in [6.07, 6.45) is 3.38. The van der Waals surface area contributed by atoms with E-state index in [1.54, 1.807) is 35.0 Å². The van der Waals surface area contributed by atoms with Crippen LogP contribution in [0.2, 0.25) is 0 Å². The van der Waals surface area contributed by atoms with Crippen LogP contribution >= 0.6 is 15.9 Å². The van der Waals surface area contributed by atoms with Gasteiger partial charge in [-0.15, -0.1) is 10.2 Å². The molecular formula is C14H9BrN4O3. The lowest BCUT2D eigenvalue weighted by Crippen LogP contribution is -2.12. The summed E-state index contributed by atoms with van der Waals surface area (Å²) in [7, 11) is 0. The van der Waals surface area contributed by atoms with Crippen LogP contribution in [0.3, 0.4) is 0 Å². The van der Waals surface area contributed by atoms with E-state index in [9.17, 15) is 4.79 Å². The first-order valence-corrected chi connectivity index (χ1v) is 7.20. The Hall–Kier alpha value is -2.61. The molecule has 4 rings (SSSR count). The third-order valence-electron chi connectivity index (χ3n) is 3.24. The third kappa shape index (κ3) is 2.17. The monoisotopic (exact) mass is 360 g/mol. The molecule has 2 aromatic heterocycles. The molecular weight excluding hydrogens is 352 g/mol. The molecule has 1 aromatic carbocycles. The number of ether oxygens (including phenoxy) is 2. The van der Waals surface area contributed by atoms with Gasteiger partial charge in [0, 0.05) is 16.2 Å². The highest BCUT2D eigenvalue weighted by molar-refractivity contribution is 9.10. The second-order valence-electron chi connectivity index (χ2n) is 4.66. The second kappa shape index (κ2) is 4.99. The van der Waals surface area contributed by atoms with Gasteiger partial charge < -0.3 is 14.8 Å².